The zero-order valence-electron chi connectivity index (χ0n) is 12.0. The van der Waals surface area contributed by atoms with E-state index < -0.39 is 0 Å². The van der Waals surface area contributed by atoms with Gasteiger partial charge in [0.25, 0.3) is 0 Å². The maximum atomic E-state index is 5.54. The lowest BCUT2D eigenvalue weighted by molar-refractivity contribution is -0.974. The number of furan rings is 1. The van der Waals surface area contributed by atoms with Crippen molar-refractivity contribution >= 4 is 17.3 Å². The van der Waals surface area contributed by atoms with Crippen LogP contribution in [-0.2, 0) is 6.54 Å². The van der Waals surface area contributed by atoms with Gasteiger partial charge in [-0.1, -0.05) is 0 Å². The number of thiocarbonyl (C=S) groups is 1. The van der Waals surface area contributed by atoms with Gasteiger partial charge in [0.1, 0.15) is 6.54 Å². The Labute approximate surface area is 125 Å². The molecule has 2 aliphatic rings. The molecule has 110 valence electrons. The summed E-state index contributed by atoms with van der Waals surface area (Å²) in [6.45, 7) is 1.03. The second-order valence-electron chi connectivity index (χ2n) is 6.05. The van der Waals surface area contributed by atoms with Gasteiger partial charge in [0, 0.05) is 25.9 Å². The van der Waals surface area contributed by atoms with Crippen molar-refractivity contribution in [3.63, 3.8) is 0 Å². The fourth-order valence-corrected chi connectivity index (χ4v) is 4.08. The minimum atomic E-state index is 0.533. The summed E-state index contributed by atoms with van der Waals surface area (Å²) >= 11 is 5.25. The van der Waals surface area contributed by atoms with Crippen LogP contribution in [0.3, 0.4) is 0 Å². The lowest BCUT2D eigenvalue weighted by Gasteiger charge is -2.45. The summed E-state index contributed by atoms with van der Waals surface area (Å²) in [7, 11) is 1.88. The summed E-state index contributed by atoms with van der Waals surface area (Å²) in [4.78, 5) is 1.72. The van der Waals surface area contributed by atoms with Crippen LogP contribution in [-0.4, -0.2) is 30.3 Å². The van der Waals surface area contributed by atoms with Crippen LogP contribution in [0.25, 0.3) is 0 Å². The molecule has 3 heterocycles. The summed E-state index contributed by atoms with van der Waals surface area (Å²) < 4.78 is 5.54. The van der Waals surface area contributed by atoms with E-state index in [4.69, 9.17) is 16.6 Å². The SMILES string of the molecule is CNC(=S)NC1C[C@H]2CCC[C@@H](C1)[NH+]2Cc1ccco1. The number of nitrogens with one attached hydrogen (secondary N) is 3. The molecule has 0 amide bonds. The molecule has 2 bridgehead atoms. The molecular formula is C15H24N3OS+. The molecular weight excluding hydrogens is 270 g/mol. The van der Waals surface area contributed by atoms with Crippen molar-refractivity contribution < 1.29 is 9.32 Å². The molecule has 5 heteroatoms. The van der Waals surface area contributed by atoms with Gasteiger partial charge in [-0.25, -0.2) is 0 Å². The lowest BCUT2D eigenvalue weighted by Crippen LogP contribution is -3.20. The first kappa shape index (κ1) is 13.9. The van der Waals surface area contributed by atoms with Crippen LogP contribution in [0.15, 0.2) is 22.8 Å². The summed E-state index contributed by atoms with van der Waals surface area (Å²) in [5.41, 5.74) is 0. The number of fused-ring (bicyclic) bond motifs is 2. The third-order valence-corrected chi connectivity index (χ3v) is 5.13. The monoisotopic (exact) mass is 294 g/mol. The molecule has 1 aromatic heterocycles. The molecule has 0 aliphatic carbocycles. The van der Waals surface area contributed by atoms with E-state index in [-0.39, 0.29) is 0 Å². The number of hydrogen-bond acceptors (Lipinski definition) is 2. The smallest absolute Gasteiger partial charge is 0.166 e. The van der Waals surface area contributed by atoms with Gasteiger partial charge in [-0.15, -0.1) is 0 Å². The molecule has 2 fully saturated rings. The van der Waals surface area contributed by atoms with Crippen LogP contribution in [0.5, 0.6) is 0 Å². The van der Waals surface area contributed by atoms with E-state index in [1.54, 1.807) is 11.2 Å². The number of rotatable bonds is 3. The van der Waals surface area contributed by atoms with Gasteiger partial charge in [-0.2, -0.15) is 0 Å². The van der Waals surface area contributed by atoms with Crippen LogP contribution in [0.4, 0.5) is 0 Å². The van der Waals surface area contributed by atoms with Crippen LogP contribution in [0, 0.1) is 0 Å². The van der Waals surface area contributed by atoms with Crippen LogP contribution in [0.1, 0.15) is 37.9 Å². The Morgan fingerprint density at radius 3 is 2.75 bits per heavy atom. The topological polar surface area (TPSA) is 41.6 Å². The first-order valence-corrected chi connectivity index (χ1v) is 8.03. The van der Waals surface area contributed by atoms with Crippen LogP contribution in [0.2, 0.25) is 0 Å². The third kappa shape index (κ3) is 2.99. The highest BCUT2D eigenvalue weighted by Gasteiger charge is 2.42. The Morgan fingerprint density at radius 2 is 2.15 bits per heavy atom. The molecule has 2 unspecified atom stereocenters. The lowest BCUT2D eigenvalue weighted by atomic mass is 9.81. The Bertz CT molecular complexity index is 434. The van der Waals surface area contributed by atoms with Crippen molar-refractivity contribution in [2.75, 3.05) is 7.05 Å². The summed E-state index contributed by atoms with van der Waals surface area (Å²) in [5.74, 6) is 1.12. The van der Waals surface area contributed by atoms with Crippen LogP contribution < -0.4 is 15.5 Å². The number of piperidine rings is 2. The zero-order chi connectivity index (χ0) is 13.9. The van der Waals surface area contributed by atoms with E-state index in [1.165, 1.54) is 32.1 Å². The number of quaternary nitrogens is 1. The van der Waals surface area contributed by atoms with Gasteiger partial charge in [0.15, 0.2) is 10.9 Å². The van der Waals surface area contributed by atoms with Gasteiger partial charge in [-0.3, -0.25) is 0 Å². The Balaban J connectivity index is 1.65. The van der Waals surface area contributed by atoms with Gasteiger partial charge >= 0.3 is 0 Å². The first-order chi connectivity index (χ1) is 9.76. The molecule has 1 aromatic rings. The zero-order valence-corrected chi connectivity index (χ0v) is 12.8. The van der Waals surface area contributed by atoms with E-state index in [2.05, 4.69) is 16.7 Å². The predicted molar refractivity (Wildman–Crippen MR) is 82.6 cm³/mol. The maximum absolute atomic E-state index is 5.54. The summed E-state index contributed by atoms with van der Waals surface area (Å²) in [6, 6.07) is 6.10. The van der Waals surface area contributed by atoms with Crippen molar-refractivity contribution in [3.8, 4) is 0 Å². The molecule has 20 heavy (non-hydrogen) atoms. The van der Waals surface area contributed by atoms with E-state index in [9.17, 15) is 0 Å². The van der Waals surface area contributed by atoms with Gasteiger partial charge in [0.05, 0.1) is 18.3 Å². The van der Waals surface area contributed by atoms with E-state index >= 15 is 0 Å². The fourth-order valence-electron chi connectivity index (χ4n) is 3.91. The molecule has 0 aromatic carbocycles. The second-order valence-corrected chi connectivity index (χ2v) is 6.46. The molecule has 2 saturated heterocycles. The van der Waals surface area contributed by atoms with E-state index in [1.807, 2.05) is 13.1 Å². The normalized spacial score (nSPS) is 32.6. The molecule has 0 saturated carbocycles. The summed E-state index contributed by atoms with van der Waals surface area (Å²) in [5, 5.41) is 7.26. The van der Waals surface area contributed by atoms with Crippen molar-refractivity contribution in [2.45, 2.75) is 56.8 Å². The van der Waals surface area contributed by atoms with Gasteiger partial charge < -0.3 is 20.0 Å². The predicted octanol–water partition coefficient (Wildman–Crippen LogP) is 0.842. The van der Waals surface area contributed by atoms with Crippen molar-refractivity contribution in [1.82, 2.24) is 10.6 Å². The van der Waals surface area contributed by atoms with Crippen LogP contribution >= 0.6 is 12.2 Å². The Hall–Kier alpha value is -1.07. The average Bonchev–Trinajstić information content (AvgIpc) is 2.92. The van der Waals surface area contributed by atoms with Crippen molar-refractivity contribution in [1.29, 1.82) is 0 Å². The molecule has 3 rings (SSSR count). The third-order valence-electron chi connectivity index (χ3n) is 4.81. The van der Waals surface area contributed by atoms with Gasteiger partial charge in [0.2, 0.25) is 0 Å². The number of hydrogen-bond donors (Lipinski definition) is 3. The largest absolute Gasteiger partial charge is 0.463 e. The molecule has 4 nitrogen and oxygen atoms in total. The minimum absolute atomic E-state index is 0.533. The van der Waals surface area contributed by atoms with E-state index in [0.29, 0.717) is 6.04 Å². The molecule has 4 atom stereocenters. The molecule has 0 spiro atoms. The molecule has 0 radical (unpaired) electrons. The standard InChI is InChI=1S/C15H23N3OS/c1-16-15(20)17-11-8-12-4-2-5-13(9-11)18(12)10-14-6-3-7-19-14/h3,6-7,11-13H,2,4-5,8-10H2,1H3,(H2,16,17,20)/p+1/t11?,12-,13+. The Kier molecular flexibility index (Phi) is 4.27. The fraction of sp³-hybridized carbons (Fsp3) is 0.667. The quantitative estimate of drug-likeness (QED) is 0.723. The highest BCUT2D eigenvalue weighted by molar-refractivity contribution is 7.80. The molecule has 2 aliphatic heterocycles. The highest BCUT2D eigenvalue weighted by atomic mass is 32.1. The summed E-state index contributed by atoms with van der Waals surface area (Å²) in [6.07, 6.45) is 8.25. The van der Waals surface area contributed by atoms with E-state index in [0.717, 1.165) is 29.5 Å². The highest BCUT2D eigenvalue weighted by Crippen LogP contribution is 2.22. The second kappa shape index (κ2) is 6.14. The van der Waals surface area contributed by atoms with Gasteiger partial charge in [-0.05, 0) is 43.6 Å². The van der Waals surface area contributed by atoms with Crippen molar-refractivity contribution in [2.24, 2.45) is 0 Å². The first-order valence-electron chi connectivity index (χ1n) is 7.62. The van der Waals surface area contributed by atoms with Crippen molar-refractivity contribution in [3.05, 3.63) is 24.2 Å². The maximum Gasteiger partial charge on any atom is 0.166 e. The average molecular weight is 294 g/mol. The minimum Gasteiger partial charge on any atom is -0.463 e. The Morgan fingerprint density at radius 1 is 1.40 bits per heavy atom. The molecule has 3 N–H and O–H groups in total.